The predicted molar refractivity (Wildman–Crippen MR) is 318 cm³/mol. The van der Waals surface area contributed by atoms with Gasteiger partial charge in [-0.3, -0.25) is 28.8 Å². The van der Waals surface area contributed by atoms with Gasteiger partial charge in [-0.1, -0.05) is 98.8 Å². The molecule has 0 aromatic rings. The smallest absolute Gasteiger partial charge is 0.329 e. The molecule has 15 atom stereocenters. The Labute approximate surface area is 496 Å². The molecule has 1 saturated carbocycles. The molecule has 4 aliphatic rings. The second-order valence-electron chi connectivity index (χ2n) is 24.1. The van der Waals surface area contributed by atoms with Crippen LogP contribution in [0.2, 0.25) is 0 Å². The number of cyclic esters (lactones) is 1. The number of fused-ring (bicyclic) bond motifs is 3. The monoisotopic (exact) mass is 1170 g/mol. The van der Waals surface area contributed by atoms with Crippen molar-refractivity contribution in [1.82, 2.24) is 14.7 Å². The molecule has 1 aliphatic carbocycles. The van der Waals surface area contributed by atoms with E-state index in [2.05, 4.69) is 23.6 Å². The highest BCUT2D eigenvalue weighted by Crippen LogP contribution is 2.38. The molecule has 83 heavy (non-hydrogen) atoms. The number of hydrogen-bond acceptors (Lipinski definition) is 17. The Kier molecular flexibility index (Phi) is 30.2. The van der Waals surface area contributed by atoms with Crippen molar-refractivity contribution in [3.8, 4) is 0 Å². The maximum atomic E-state index is 14.8. The summed E-state index contributed by atoms with van der Waals surface area (Å²) < 4.78 is 42.6. The molecule has 18 heteroatoms. The van der Waals surface area contributed by atoms with E-state index in [1.807, 2.05) is 71.9 Å². The fraction of sp³-hybridized carbons (Fsp3) is 0.769. The van der Waals surface area contributed by atoms with Crippen molar-refractivity contribution in [1.29, 1.82) is 0 Å². The zero-order valence-electron chi connectivity index (χ0n) is 52.9. The summed E-state index contributed by atoms with van der Waals surface area (Å²) in [6.07, 6.45) is 11.4. The van der Waals surface area contributed by atoms with Crippen LogP contribution in [0.4, 0.5) is 0 Å². The Morgan fingerprint density at radius 2 is 1.40 bits per heavy atom. The van der Waals surface area contributed by atoms with Crippen molar-refractivity contribution in [2.75, 3.05) is 67.1 Å². The third-order valence-electron chi connectivity index (χ3n) is 18.0. The van der Waals surface area contributed by atoms with E-state index >= 15 is 0 Å². The summed E-state index contributed by atoms with van der Waals surface area (Å²) in [5, 5.41) is 12.1. The van der Waals surface area contributed by atoms with Crippen molar-refractivity contribution >= 4 is 41.2 Å². The van der Waals surface area contributed by atoms with Crippen LogP contribution < -0.4 is 0 Å². The van der Waals surface area contributed by atoms with Crippen molar-refractivity contribution in [3.63, 3.8) is 0 Å². The van der Waals surface area contributed by atoms with E-state index < -0.39 is 95.8 Å². The average Bonchev–Trinajstić information content (AvgIpc) is 3.51. The lowest BCUT2D eigenvalue weighted by atomic mass is 9.78. The van der Waals surface area contributed by atoms with E-state index in [0.717, 1.165) is 31.8 Å². The van der Waals surface area contributed by atoms with Gasteiger partial charge in [0.2, 0.25) is 5.79 Å². The molecule has 470 valence electrons. The molecule has 0 aromatic carbocycles. The SMILES string of the molecule is CCN(CC)CCC(=O)O[C@H]1CC[C@H](CC(C)[C@H]2CC(=O)C(C)C=C(C)[C@H](OC(=O)CCN(CC)CC)C(OC)C(=O)[C@@H](C)CC(C)C=CC=CC=C(C)C(OC)CC3CC[C@H](C)[C@](O)(O3)C(=O)C(=O)N3CCCCC3C(=O)O2)CC1OC. The lowest BCUT2D eigenvalue weighted by Crippen LogP contribution is -2.61. The van der Waals surface area contributed by atoms with Gasteiger partial charge in [0.1, 0.15) is 24.0 Å². The first-order chi connectivity index (χ1) is 39.5. The number of nitrogens with zero attached hydrogens (tertiary/aromatic N) is 3. The lowest BCUT2D eigenvalue weighted by Gasteiger charge is -2.42. The van der Waals surface area contributed by atoms with Gasteiger partial charge in [0.25, 0.3) is 11.7 Å². The third kappa shape index (κ3) is 20.9. The van der Waals surface area contributed by atoms with Crippen LogP contribution in [-0.2, 0) is 66.7 Å². The van der Waals surface area contributed by atoms with Gasteiger partial charge in [0.15, 0.2) is 18.0 Å². The second-order valence-corrected chi connectivity index (χ2v) is 24.1. The van der Waals surface area contributed by atoms with Gasteiger partial charge in [-0.25, -0.2) is 4.79 Å². The standard InChI is InChI=1S/C65H105N3O15/c1-15-66(16-2)34-31-57(70)80-53-30-28-49(39-56(53)78-13)38-45(8)55-41-52(69)44(7)37-47(10)60(82-58(71)32-35-67(17-3)18-4)61(79-14)59(72)46(9)36-42(5)24-20-19-21-25-43(6)54(77-12)40-50-29-27-48(11)65(76,83-50)62(73)63(74)68-33-23-22-26-51(68)64(75)81-55/h19-21,24-25,37,42,44-46,48-51,53-56,60-61,76H,15-18,22-23,26-36,38-41H2,1-14H3/t42?,44?,45?,46-,48-,49+,50?,51?,53-,54?,55+,56?,60-,61?,65-/m0/s1. The highest BCUT2D eigenvalue weighted by molar-refractivity contribution is 6.39. The number of methoxy groups -OCH3 is 3. The van der Waals surface area contributed by atoms with Crippen LogP contribution in [0.3, 0.4) is 0 Å². The molecule has 1 N–H and O–H groups in total. The number of rotatable bonds is 18. The average molecular weight is 1170 g/mol. The maximum absolute atomic E-state index is 14.8. The van der Waals surface area contributed by atoms with Crippen molar-refractivity contribution < 1.29 is 71.8 Å². The van der Waals surface area contributed by atoms with E-state index in [1.54, 1.807) is 41.1 Å². The molecule has 2 saturated heterocycles. The first-order valence-electron chi connectivity index (χ1n) is 31.1. The van der Waals surface area contributed by atoms with E-state index in [4.69, 9.17) is 33.2 Å². The van der Waals surface area contributed by atoms with Crippen LogP contribution in [0.15, 0.2) is 47.6 Å². The molecule has 1 amide bonds. The van der Waals surface area contributed by atoms with Crippen molar-refractivity contribution in [2.45, 2.75) is 221 Å². The number of carbonyl (C=O) groups excluding carboxylic acids is 7. The number of hydrogen-bond donors (Lipinski definition) is 1. The van der Waals surface area contributed by atoms with Crippen molar-refractivity contribution in [2.24, 2.45) is 35.5 Å². The Balaban J connectivity index is 1.76. The predicted octanol–water partition coefficient (Wildman–Crippen LogP) is 8.75. The number of piperidine rings is 1. The zero-order valence-corrected chi connectivity index (χ0v) is 52.9. The number of allylic oxidation sites excluding steroid dienone is 6. The number of Topliss-reactive ketones (excluding diaryl/α,β-unsaturated/α-hetero) is 3. The van der Waals surface area contributed by atoms with Crippen LogP contribution >= 0.6 is 0 Å². The van der Waals surface area contributed by atoms with E-state index in [0.29, 0.717) is 82.9 Å². The van der Waals surface area contributed by atoms with Gasteiger partial charge in [0.05, 0.1) is 31.2 Å². The summed E-state index contributed by atoms with van der Waals surface area (Å²) >= 11 is 0. The van der Waals surface area contributed by atoms with Gasteiger partial charge in [-0.15, -0.1) is 0 Å². The number of ether oxygens (including phenoxy) is 7. The quantitative estimate of drug-likeness (QED) is 0.0588. The summed E-state index contributed by atoms with van der Waals surface area (Å²) in [5.74, 6) is -9.27. The van der Waals surface area contributed by atoms with Gasteiger partial charge in [-0.05, 0) is 133 Å². The molecule has 2 bridgehead atoms. The maximum Gasteiger partial charge on any atom is 0.329 e. The molecule has 0 radical (unpaired) electrons. The van der Waals surface area contributed by atoms with Gasteiger partial charge >= 0.3 is 17.9 Å². The molecule has 0 spiro atoms. The molecule has 3 fully saturated rings. The molecular weight excluding hydrogens is 1060 g/mol. The fourth-order valence-corrected chi connectivity index (χ4v) is 12.4. The van der Waals surface area contributed by atoms with E-state index in [9.17, 15) is 38.7 Å². The van der Waals surface area contributed by atoms with Crippen LogP contribution in [-0.4, -0.2) is 183 Å². The summed E-state index contributed by atoms with van der Waals surface area (Å²) in [6, 6.07) is -1.19. The number of aliphatic hydroxyl groups is 1. The minimum atomic E-state index is -2.47. The minimum absolute atomic E-state index is 0.0357. The Morgan fingerprint density at radius 1 is 0.747 bits per heavy atom. The Morgan fingerprint density at radius 3 is 2.01 bits per heavy atom. The number of amides is 1. The first-order valence-corrected chi connectivity index (χ1v) is 31.1. The number of carbonyl (C=O) groups is 7. The van der Waals surface area contributed by atoms with E-state index in [-0.39, 0.29) is 67.7 Å². The molecular formula is C65H105N3O15. The van der Waals surface area contributed by atoms with Gasteiger partial charge in [-0.2, -0.15) is 0 Å². The highest BCUT2D eigenvalue weighted by atomic mass is 16.6. The van der Waals surface area contributed by atoms with Crippen LogP contribution in [0.5, 0.6) is 0 Å². The minimum Gasteiger partial charge on any atom is -0.460 e. The molecule has 3 aliphatic heterocycles. The van der Waals surface area contributed by atoms with Crippen LogP contribution in [0.25, 0.3) is 0 Å². The largest absolute Gasteiger partial charge is 0.460 e. The van der Waals surface area contributed by atoms with Crippen molar-refractivity contribution in [3.05, 3.63) is 47.6 Å². The zero-order chi connectivity index (χ0) is 61.6. The Hall–Kier alpha value is -4.43. The molecule has 0 aromatic heterocycles. The molecule has 18 nitrogen and oxygen atoms in total. The normalized spacial score (nSPS) is 32.2. The van der Waals surface area contributed by atoms with Gasteiger partial charge in [0, 0.05) is 71.6 Å². The van der Waals surface area contributed by atoms with Crippen LogP contribution in [0, 0.1) is 35.5 Å². The lowest BCUT2D eigenvalue weighted by molar-refractivity contribution is -0.265. The molecule has 8 unspecified atom stereocenters. The highest BCUT2D eigenvalue weighted by Gasteiger charge is 2.53. The van der Waals surface area contributed by atoms with Gasteiger partial charge < -0.3 is 53.0 Å². The Bertz CT molecular complexity index is 2240. The third-order valence-corrected chi connectivity index (χ3v) is 18.0. The topological polar surface area (TPSA) is 214 Å². The fourth-order valence-electron chi connectivity index (χ4n) is 12.4. The van der Waals surface area contributed by atoms with Crippen LogP contribution in [0.1, 0.15) is 166 Å². The summed E-state index contributed by atoms with van der Waals surface area (Å²) in [4.78, 5) is 105. The molecule has 3 heterocycles. The summed E-state index contributed by atoms with van der Waals surface area (Å²) in [5.41, 5.74) is 1.31. The number of ketones is 3. The van der Waals surface area contributed by atoms with E-state index in [1.165, 1.54) is 12.0 Å². The molecule has 4 rings (SSSR count). The summed E-state index contributed by atoms with van der Waals surface area (Å²) in [6.45, 7) is 25.2. The first kappa shape index (κ1) is 71.1. The number of esters is 3. The summed E-state index contributed by atoms with van der Waals surface area (Å²) in [7, 11) is 4.59. The second kappa shape index (κ2) is 35.3.